The quantitative estimate of drug-likeness (QED) is 0.325. The second kappa shape index (κ2) is 12.0. The average molecular weight is 531 g/mol. The van der Waals surface area contributed by atoms with E-state index in [-0.39, 0.29) is 23.1 Å². The standard InChI is InChI=1S/C28H36F2N4O4/c1-6-18(15-33(4)17(2)3)16-37-21-9-10-34-22(14-31-25(34)13-21)19-11-23(36-5)26(24(12-19)38-28(29)30)27(35)32-20-7-8-20/h9-14,17-18,20,28H,6-8,15-16H2,1-5H3,(H,32,35)/t18-/m0/s1. The van der Waals surface area contributed by atoms with Gasteiger partial charge in [0, 0.05) is 42.4 Å². The zero-order valence-electron chi connectivity index (χ0n) is 22.5. The second-order valence-electron chi connectivity index (χ2n) is 10.0. The molecule has 1 saturated carbocycles. The number of carbonyl (C=O) groups is 1. The van der Waals surface area contributed by atoms with E-state index in [0.29, 0.717) is 41.2 Å². The Morgan fingerprint density at radius 3 is 2.61 bits per heavy atom. The zero-order valence-corrected chi connectivity index (χ0v) is 22.5. The normalized spacial score (nSPS) is 14.4. The molecule has 10 heteroatoms. The number of nitrogens with zero attached hydrogens (tertiary/aromatic N) is 3. The number of hydrogen-bond acceptors (Lipinski definition) is 6. The molecule has 1 aliphatic carbocycles. The van der Waals surface area contributed by atoms with Gasteiger partial charge in [-0.25, -0.2) is 4.98 Å². The molecule has 0 spiro atoms. The van der Waals surface area contributed by atoms with Gasteiger partial charge in [-0.2, -0.15) is 8.78 Å². The van der Waals surface area contributed by atoms with Crippen molar-refractivity contribution in [3.63, 3.8) is 0 Å². The molecular formula is C28H36F2N4O4. The molecule has 8 nitrogen and oxygen atoms in total. The Labute approximate surface area is 221 Å². The van der Waals surface area contributed by atoms with Gasteiger partial charge < -0.3 is 24.4 Å². The van der Waals surface area contributed by atoms with Crippen LogP contribution in [0.15, 0.2) is 36.7 Å². The number of imidazole rings is 1. The van der Waals surface area contributed by atoms with E-state index in [1.54, 1.807) is 12.3 Å². The minimum Gasteiger partial charge on any atom is -0.496 e. The molecule has 0 saturated heterocycles. The van der Waals surface area contributed by atoms with Gasteiger partial charge in [-0.15, -0.1) is 0 Å². The molecule has 1 fully saturated rings. The zero-order chi connectivity index (χ0) is 27.4. The highest BCUT2D eigenvalue weighted by atomic mass is 19.3. The van der Waals surface area contributed by atoms with Crippen molar-refractivity contribution < 1.29 is 27.8 Å². The van der Waals surface area contributed by atoms with Crippen LogP contribution < -0.4 is 19.5 Å². The molecule has 0 bridgehead atoms. The minimum absolute atomic E-state index is 0.0465. The fourth-order valence-corrected chi connectivity index (χ4v) is 4.19. The first kappa shape index (κ1) is 27.6. The third-order valence-corrected chi connectivity index (χ3v) is 6.91. The molecule has 1 atom stereocenters. The third-order valence-electron chi connectivity index (χ3n) is 6.91. The van der Waals surface area contributed by atoms with Crippen LogP contribution in [0.4, 0.5) is 8.78 Å². The van der Waals surface area contributed by atoms with E-state index in [9.17, 15) is 13.6 Å². The number of halogens is 2. The van der Waals surface area contributed by atoms with Crippen LogP contribution in [0.1, 0.15) is 50.4 Å². The monoisotopic (exact) mass is 530 g/mol. The Morgan fingerprint density at radius 1 is 1.24 bits per heavy atom. The van der Waals surface area contributed by atoms with Crippen LogP contribution >= 0.6 is 0 Å². The Bertz CT molecular complexity index is 1260. The van der Waals surface area contributed by atoms with Gasteiger partial charge in [-0.1, -0.05) is 6.92 Å². The first-order valence-electron chi connectivity index (χ1n) is 13.0. The number of pyridine rings is 1. The predicted octanol–water partition coefficient (Wildman–Crippen LogP) is 5.25. The highest BCUT2D eigenvalue weighted by Gasteiger charge is 2.29. The fraction of sp³-hybridized carbons (Fsp3) is 0.500. The average Bonchev–Trinajstić information content (AvgIpc) is 3.60. The SMILES string of the molecule is CC[C@H](COc1ccn2c(-c3cc(OC)c(C(=O)NC4CC4)c(OC(F)F)c3)cnc2c1)CN(C)C(C)C. The molecule has 0 radical (unpaired) electrons. The van der Waals surface area contributed by atoms with Gasteiger partial charge in [0.05, 0.1) is 25.6 Å². The number of benzene rings is 1. The molecule has 1 amide bonds. The van der Waals surface area contributed by atoms with Crippen molar-refractivity contribution in [2.75, 3.05) is 27.3 Å². The highest BCUT2D eigenvalue weighted by Crippen LogP contribution is 2.37. The van der Waals surface area contributed by atoms with Crippen LogP contribution in [0.5, 0.6) is 17.2 Å². The van der Waals surface area contributed by atoms with Gasteiger partial charge in [0.15, 0.2) is 0 Å². The first-order valence-corrected chi connectivity index (χ1v) is 13.0. The molecule has 1 aromatic carbocycles. The maximum absolute atomic E-state index is 13.3. The van der Waals surface area contributed by atoms with Crippen molar-refractivity contribution in [3.05, 3.63) is 42.2 Å². The molecule has 206 valence electrons. The largest absolute Gasteiger partial charge is 0.496 e. The molecule has 0 aliphatic heterocycles. The molecular weight excluding hydrogens is 494 g/mol. The molecule has 2 aromatic heterocycles. The van der Waals surface area contributed by atoms with E-state index < -0.39 is 12.5 Å². The third kappa shape index (κ3) is 6.53. The maximum Gasteiger partial charge on any atom is 0.387 e. The minimum atomic E-state index is -3.10. The fourth-order valence-electron chi connectivity index (χ4n) is 4.19. The van der Waals surface area contributed by atoms with Gasteiger partial charge >= 0.3 is 6.61 Å². The number of aromatic nitrogens is 2. The lowest BCUT2D eigenvalue weighted by Crippen LogP contribution is -2.33. The Hall–Kier alpha value is -3.40. The van der Waals surface area contributed by atoms with Gasteiger partial charge in [-0.05, 0) is 58.4 Å². The summed E-state index contributed by atoms with van der Waals surface area (Å²) in [4.78, 5) is 19.6. The summed E-state index contributed by atoms with van der Waals surface area (Å²) in [5.41, 5.74) is 1.73. The Morgan fingerprint density at radius 2 is 1.97 bits per heavy atom. The number of rotatable bonds is 13. The van der Waals surface area contributed by atoms with E-state index in [1.165, 1.54) is 13.2 Å². The smallest absolute Gasteiger partial charge is 0.387 e. The van der Waals surface area contributed by atoms with Crippen LogP contribution in [0.25, 0.3) is 16.9 Å². The molecule has 4 rings (SSSR count). The number of carbonyl (C=O) groups excluding carboxylic acids is 1. The lowest BCUT2D eigenvalue weighted by molar-refractivity contribution is -0.0502. The van der Waals surface area contributed by atoms with E-state index in [0.717, 1.165) is 25.8 Å². The van der Waals surface area contributed by atoms with E-state index in [1.807, 2.05) is 22.7 Å². The molecule has 2 heterocycles. The number of ether oxygens (including phenoxy) is 3. The summed E-state index contributed by atoms with van der Waals surface area (Å²) < 4.78 is 44.7. The molecule has 1 N–H and O–H groups in total. The van der Waals surface area contributed by atoms with Crippen molar-refractivity contribution in [3.8, 4) is 28.5 Å². The number of amides is 1. The van der Waals surface area contributed by atoms with Gasteiger partial charge in [0.25, 0.3) is 5.91 Å². The van der Waals surface area contributed by atoms with Crippen LogP contribution in [0.3, 0.4) is 0 Å². The van der Waals surface area contributed by atoms with Crippen LogP contribution in [-0.4, -0.2) is 66.2 Å². The number of fused-ring (bicyclic) bond motifs is 1. The summed E-state index contributed by atoms with van der Waals surface area (Å²) in [6.45, 7) is 4.94. The van der Waals surface area contributed by atoms with Crippen molar-refractivity contribution in [1.29, 1.82) is 0 Å². The van der Waals surface area contributed by atoms with Crippen molar-refractivity contribution in [1.82, 2.24) is 19.6 Å². The van der Waals surface area contributed by atoms with Gasteiger partial charge in [0.2, 0.25) is 0 Å². The Balaban J connectivity index is 1.59. The summed E-state index contributed by atoms with van der Waals surface area (Å²) in [5, 5.41) is 2.81. The van der Waals surface area contributed by atoms with Crippen molar-refractivity contribution in [2.45, 2.75) is 58.7 Å². The number of nitrogens with one attached hydrogen (secondary N) is 1. The highest BCUT2D eigenvalue weighted by molar-refractivity contribution is 6.01. The van der Waals surface area contributed by atoms with Crippen LogP contribution in [0.2, 0.25) is 0 Å². The summed E-state index contributed by atoms with van der Waals surface area (Å²) >= 11 is 0. The van der Waals surface area contributed by atoms with E-state index in [4.69, 9.17) is 14.2 Å². The summed E-state index contributed by atoms with van der Waals surface area (Å²) in [5.74, 6) is 0.482. The van der Waals surface area contributed by atoms with Gasteiger partial charge in [-0.3, -0.25) is 9.20 Å². The topological polar surface area (TPSA) is 77.3 Å². The maximum atomic E-state index is 13.3. The molecule has 0 unspecified atom stereocenters. The van der Waals surface area contributed by atoms with E-state index >= 15 is 0 Å². The van der Waals surface area contributed by atoms with Crippen molar-refractivity contribution >= 4 is 11.6 Å². The molecule has 38 heavy (non-hydrogen) atoms. The Kier molecular flexibility index (Phi) is 8.71. The number of hydrogen-bond donors (Lipinski definition) is 1. The van der Waals surface area contributed by atoms with Crippen molar-refractivity contribution in [2.24, 2.45) is 5.92 Å². The molecule has 1 aliphatic rings. The second-order valence-corrected chi connectivity index (χ2v) is 10.0. The first-order chi connectivity index (χ1) is 18.2. The van der Waals surface area contributed by atoms with Crippen LogP contribution in [0, 0.1) is 5.92 Å². The van der Waals surface area contributed by atoms with Gasteiger partial charge in [0.1, 0.15) is 28.5 Å². The van der Waals surface area contributed by atoms with E-state index in [2.05, 4.69) is 43.0 Å². The number of alkyl halides is 2. The predicted molar refractivity (Wildman–Crippen MR) is 141 cm³/mol. The lowest BCUT2D eigenvalue weighted by Gasteiger charge is -2.26. The number of methoxy groups -OCH3 is 1. The molecule has 3 aromatic rings. The van der Waals surface area contributed by atoms with Crippen LogP contribution in [-0.2, 0) is 0 Å². The lowest BCUT2D eigenvalue weighted by atomic mass is 10.1. The summed E-state index contributed by atoms with van der Waals surface area (Å²) in [7, 11) is 3.50. The summed E-state index contributed by atoms with van der Waals surface area (Å²) in [6, 6.07) is 7.25. The summed E-state index contributed by atoms with van der Waals surface area (Å²) in [6.07, 6.45) is 6.18.